The van der Waals surface area contributed by atoms with E-state index in [4.69, 9.17) is 0 Å². The Morgan fingerprint density at radius 1 is 0.348 bits per heavy atom. The lowest BCUT2D eigenvalue weighted by Gasteiger charge is -2.36. The highest BCUT2D eigenvalue weighted by Gasteiger charge is 2.48. The van der Waals surface area contributed by atoms with E-state index < -0.39 is 10.8 Å². The number of hydrogen-bond donors (Lipinski definition) is 0. The van der Waals surface area contributed by atoms with Gasteiger partial charge in [0.2, 0.25) is 0 Å². The molecule has 66 heavy (non-hydrogen) atoms. The maximum Gasteiger partial charge on any atom is 0.123 e. The molecule has 13 rings (SSSR count). The van der Waals surface area contributed by atoms with Crippen molar-refractivity contribution in [1.29, 1.82) is 0 Å². The van der Waals surface area contributed by atoms with Gasteiger partial charge in [0.05, 0.1) is 10.8 Å². The van der Waals surface area contributed by atoms with Gasteiger partial charge in [-0.1, -0.05) is 194 Å². The first-order valence-corrected chi connectivity index (χ1v) is 22.9. The third-order valence-corrected chi connectivity index (χ3v) is 14.8. The molecule has 0 radical (unpaired) electrons. The van der Waals surface area contributed by atoms with Crippen molar-refractivity contribution in [2.45, 2.75) is 23.7 Å². The van der Waals surface area contributed by atoms with Crippen molar-refractivity contribution in [1.82, 2.24) is 0 Å². The molecule has 0 N–H and O–H groups in total. The second-order valence-electron chi connectivity index (χ2n) is 18.0. The predicted molar refractivity (Wildman–Crippen MR) is 268 cm³/mol. The van der Waals surface area contributed by atoms with Gasteiger partial charge in [0.25, 0.3) is 0 Å². The number of allylic oxidation sites excluding steroid dienone is 4. The molecule has 10 aromatic rings. The lowest BCUT2D eigenvalue weighted by atomic mass is 9.65. The fourth-order valence-electron chi connectivity index (χ4n) is 12.3. The molecule has 0 heterocycles. The molecule has 0 bridgehead atoms. The van der Waals surface area contributed by atoms with Crippen LogP contribution in [-0.2, 0) is 10.8 Å². The van der Waals surface area contributed by atoms with Crippen LogP contribution in [0.4, 0.5) is 8.78 Å². The van der Waals surface area contributed by atoms with Crippen molar-refractivity contribution in [2.75, 3.05) is 0 Å². The Labute approximate surface area is 383 Å². The minimum Gasteiger partial charge on any atom is -0.207 e. The summed E-state index contributed by atoms with van der Waals surface area (Å²) in [6.07, 6.45) is 6.50. The first kappa shape index (κ1) is 38.5. The zero-order chi connectivity index (χ0) is 44.0. The third kappa shape index (κ3) is 5.36. The second kappa shape index (κ2) is 14.8. The molecule has 0 aliphatic heterocycles. The molecule has 0 spiro atoms. The fourth-order valence-corrected chi connectivity index (χ4v) is 12.3. The van der Waals surface area contributed by atoms with Crippen LogP contribution in [0.2, 0.25) is 0 Å². The van der Waals surface area contributed by atoms with Crippen LogP contribution in [0.25, 0.3) is 60.5 Å². The van der Waals surface area contributed by atoms with Crippen LogP contribution in [0, 0.1) is 11.6 Å². The number of fused-ring (bicyclic) bond motifs is 7. The van der Waals surface area contributed by atoms with Crippen molar-refractivity contribution in [2.24, 2.45) is 0 Å². The van der Waals surface area contributed by atoms with E-state index in [1.807, 2.05) is 12.1 Å². The van der Waals surface area contributed by atoms with Gasteiger partial charge in [-0.3, -0.25) is 0 Å². The highest BCUT2D eigenvalue weighted by molar-refractivity contribution is 6.21. The molecule has 3 aliphatic rings. The second-order valence-corrected chi connectivity index (χ2v) is 18.0. The number of benzene rings is 10. The van der Waals surface area contributed by atoms with E-state index in [1.165, 1.54) is 55.7 Å². The highest BCUT2D eigenvalue weighted by Crippen LogP contribution is 2.60. The smallest absolute Gasteiger partial charge is 0.123 e. The summed E-state index contributed by atoms with van der Waals surface area (Å²) >= 11 is 0. The van der Waals surface area contributed by atoms with E-state index in [1.54, 1.807) is 24.3 Å². The largest absolute Gasteiger partial charge is 0.207 e. The predicted octanol–water partition coefficient (Wildman–Crippen LogP) is 16.4. The Morgan fingerprint density at radius 2 is 0.788 bits per heavy atom. The maximum atomic E-state index is 16.1. The minimum absolute atomic E-state index is 0.320. The maximum absolute atomic E-state index is 16.1. The molecule has 312 valence electrons. The number of hydrogen-bond acceptors (Lipinski definition) is 0. The van der Waals surface area contributed by atoms with Gasteiger partial charge in [-0.15, -0.1) is 0 Å². The standard InChI is InChI=1S/C64H42F2/c65-47-32-36-54-55(39-47)61(41-29-33-51-49-25-13-15-27-57(49)63(59(51)37-41,43-17-5-1-6-18-43)44-19-7-2-8-20-44)53-35-31-48(66)40-56(53)62(54)42-30-34-52-50-26-14-16-28-58(50)64(60(52)38-42,45-21-9-3-10-22-45)46-23-11-4-12-24-46/h1-15,17-27,29-40H,16,28H2. The van der Waals surface area contributed by atoms with Crippen molar-refractivity contribution in [3.05, 3.63) is 292 Å². The van der Waals surface area contributed by atoms with E-state index in [2.05, 4.69) is 194 Å². The SMILES string of the molecule is Fc1ccc2c(-c3ccc4c(c3)C(c3ccccc3)(c3ccccc3)c3ccccc3-4)c3cc(F)ccc3c(-c3ccc4c(c3)C(c3ccccc3)(c3ccccc3)C3=C4C=CCC3)c2c1. The van der Waals surface area contributed by atoms with E-state index in [0.29, 0.717) is 0 Å². The third-order valence-electron chi connectivity index (χ3n) is 14.8. The summed E-state index contributed by atoms with van der Waals surface area (Å²) < 4.78 is 32.1. The van der Waals surface area contributed by atoms with Crippen LogP contribution in [0.3, 0.4) is 0 Å². The minimum atomic E-state index is -0.621. The van der Waals surface area contributed by atoms with Crippen LogP contribution in [0.5, 0.6) is 0 Å². The average molecular weight is 849 g/mol. The zero-order valence-corrected chi connectivity index (χ0v) is 36.1. The molecule has 0 amide bonds. The molecule has 0 fully saturated rings. The Morgan fingerprint density at radius 3 is 1.32 bits per heavy atom. The molecule has 0 nitrogen and oxygen atoms in total. The number of rotatable bonds is 6. The molecule has 0 saturated heterocycles. The topological polar surface area (TPSA) is 0 Å². The lowest BCUT2D eigenvalue weighted by Crippen LogP contribution is -2.30. The molecule has 10 aromatic carbocycles. The molecule has 3 aliphatic carbocycles. The van der Waals surface area contributed by atoms with Gasteiger partial charge in [0.15, 0.2) is 0 Å². The van der Waals surface area contributed by atoms with Crippen molar-refractivity contribution in [3.8, 4) is 33.4 Å². The molecule has 0 aromatic heterocycles. The first-order valence-electron chi connectivity index (χ1n) is 22.9. The van der Waals surface area contributed by atoms with Gasteiger partial charge < -0.3 is 0 Å². The van der Waals surface area contributed by atoms with E-state index in [0.717, 1.165) is 67.8 Å². The molecule has 0 atom stereocenters. The Hall–Kier alpha value is -7.94. The number of halogens is 2. The summed E-state index contributed by atoms with van der Waals surface area (Å²) in [5, 5.41) is 3.29. The van der Waals surface area contributed by atoms with E-state index >= 15 is 8.78 Å². The average Bonchev–Trinajstić information content (AvgIpc) is 3.84. The summed E-state index contributed by atoms with van der Waals surface area (Å²) in [5.41, 5.74) is 17.1. The Balaban J connectivity index is 1.10. The highest BCUT2D eigenvalue weighted by atomic mass is 19.1. The summed E-state index contributed by atoms with van der Waals surface area (Å²) in [7, 11) is 0. The summed E-state index contributed by atoms with van der Waals surface area (Å²) in [6.45, 7) is 0. The summed E-state index contributed by atoms with van der Waals surface area (Å²) in [4.78, 5) is 0. The summed E-state index contributed by atoms with van der Waals surface area (Å²) in [6, 6.07) is 75.8. The molecule has 0 saturated carbocycles. The van der Waals surface area contributed by atoms with Gasteiger partial charge in [-0.05, 0) is 160 Å². The van der Waals surface area contributed by atoms with Gasteiger partial charge in [0, 0.05) is 0 Å². The van der Waals surface area contributed by atoms with Crippen LogP contribution in [0.1, 0.15) is 57.3 Å². The lowest BCUT2D eigenvalue weighted by molar-refractivity contribution is 0.629. The van der Waals surface area contributed by atoms with Crippen LogP contribution < -0.4 is 0 Å². The monoisotopic (exact) mass is 848 g/mol. The fraction of sp³-hybridized carbons (Fsp3) is 0.0625. The molecule has 2 heteroatoms. The molecule has 0 unspecified atom stereocenters. The van der Waals surface area contributed by atoms with Crippen molar-refractivity contribution < 1.29 is 8.78 Å². The quantitative estimate of drug-likeness (QED) is 0.146. The molecular weight excluding hydrogens is 807 g/mol. The van der Waals surface area contributed by atoms with Gasteiger partial charge >= 0.3 is 0 Å². The van der Waals surface area contributed by atoms with Crippen LogP contribution >= 0.6 is 0 Å². The van der Waals surface area contributed by atoms with Gasteiger partial charge in [0.1, 0.15) is 11.6 Å². The molecular formula is C64H42F2. The van der Waals surface area contributed by atoms with Crippen LogP contribution in [-0.4, -0.2) is 0 Å². The van der Waals surface area contributed by atoms with Gasteiger partial charge in [-0.25, -0.2) is 8.78 Å². The first-order chi connectivity index (χ1) is 32.6. The normalized spacial score (nSPS) is 15.1. The van der Waals surface area contributed by atoms with Gasteiger partial charge in [-0.2, -0.15) is 0 Å². The Bertz CT molecular complexity index is 3560. The Kier molecular flexibility index (Phi) is 8.64. The van der Waals surface area contributed by atoms with Crippen molar-refractivity contribution in [3.63, 3.8) is 0 Å². The van der Waals surface area contributed by atoms with Crippen molar-refractivity contribution >= 4 is 27.1 Å². The van der Waals surface area contributed by atoms with Crippen LogP contribution in [0.15, 0.2) is 236 Å². The van der Waals surface area contributed by atoms with E-state index in [-0.39, 0.29) is 11.6 Å². The summed E-state index contributed by atoms with van der Waals surface area (Å²) in [5.74, 6) is -0.642. The van der Waals surface area contributed by atoms with E-state index in [9.17, 15) is 0 Å². The zero-order valence-electron chi connectivity index (χ0n) is 36.1.